The molecule has 0 atom stereocenters. The number of nitriles is 1. The van der Waals surface area contributed by atoms with Crippen molar-refractivity contribution in [2.24, 2.45) is 0 Å². The van der Waals surface area contributed by atoms with E-state index in [1.807, 2.05) is 0 Å². The van der Waals surface area contributed by atoms with Gasteiger partial charge in [0.1, 0.15) is 11.8 Å². The molecule has 0 amide bonds. The maximum Gasteiger partial charge on any atom is 0.349 e. The van der Waals surface area contributed by atoms with E-state index in [1.165, 1.54) is 18.5 Å². The first kappa shape index (κ1) is 15.0. The van der Waals surface area contributed by atoms with Crippen LogP contribution in [0.3, 0.4) is 0 Å². The first-order valence-electron chi connectivity index (χ1n) is 5.59. The van der Waals surface area contributed by atoms with Crippen LogP contribution in [-0.2, 0) is 4.79 Å². The van der Waals surface area contributed by atoms with Crippen molar-refractivity contribution in [3.63, 3.8) is 0 Å². The number of hydrogen-bond donors (Lipinski definition) is 0. The zero-order valence-electron chi connectivity index (χ0n) is 10.4. The third-order valence-electron chi connectivity index (χ3n) is 2.20. The third kappa shape index (κ3) is 4.31. The van der Waals surface area contributed by atoms with Crippen molar-refractivity contribution in [2.75, 3.05) is 6.61 Å². The lowest BCUT2D eigenvalue weighted by Gasteiger charge is -2.07. The van der Waals surface area contributed by atoms with E-state index in [0.29, 0.717) is 10.8 Å². The Morgan fingerprint density at radius 2 is 2.00 bits per heavy atom. The summed E-state index contributed by atoms with van der Waals surface area (Å²) in [7, 11) is 0. The monoisotopic (exact) mass is 323 g/mol. The number of halogens is 2. The highest BCUT2D eigenvalue weighted by Crippen LogP contribution is 2.27. The Morgan fingerprint density at radius 3 is 2.62 bits per heavy atom. The van der Waals surface area contributed by atoms with Gasteiger partial charge in [-0.2, -0.15) is 5.26 Å². The third-order valence-corrected chi connectivity index (χ3v) is 2.73. The predicted molar refractivity (Wildman–Crippen MR) is 74.3 cm³/mol. The lowest BCUT2D eigenvalue weighted by atomic mass is 10.3. The molecule has 0 saturated carbocycles. The number of nitrogens with zero attached hydrogens (tertiary/aromatic N) is 3. The van der Waals surface area contributed by atoms with Crippen molar-refractivity contribution in [3.8, 4) is 17.6 Å². The molecule has 106 valence electrons. The Bertz CT molecular complexity index is 699. The van der Waals surface area contributed by atoms with E-state index in [4.69, 9.17) is 37.9 Å². The van der Waals surface area contributed by atoms with E-state index < -0.39 is 5.97 Å². The van der Waals surface area contributed by atoms with E-state index in [-0.39, 0.29) is 23.2 Å². The van der Waals surface area contributed by atoms with Crippen LogP contribution < -0.4 is 9.47 Å². The summed E-state index contributed by atoms with van der Waals surface area (Å²) in [6.07, 6.45) is 2.44. The van der Waals surface area contributed by atoms with Crippen LogP contribution in [0.5, 0.6) is 11.5 Å². The topological polar surface area (TPSA) is 85.1 Å². The number of esters is 1. The van der Waals surface area contributed by atoms with E-state index in [1.54, 1.807) is 18.2 Å². The predicted octanol–water partition coefficient (Wildman–Crippen LogP) is 2.64. The summed E-state index contributed by atoms with van der Waals surface area (Å²) in [6.45, 7) is -0.346. The normalized spacial score (nSPS) is 9.76. The zero-order chi connectivity index (χ0) is 15.2. The van der Waals surface area contributed by atoms with Gasteiger partial charge in [0.25, 0.3) is 0 Å². The van der Waals surface area contributed by atoms with Crippen LogP contribution in [0.25, 0.3) is 0 Å². The molecule has 0 fully saturated rings. The molecule has 0 radical (unpaired) electrons. The highest BCUT2D eigenvalue weighted by molar-refractivity contribution is 6.35. The SMILES string of the molecule is N#Cc1ncc(OC(=O)COc2ccc(Cl)cc2Cl)cn1. The second kappa shape index (κ2) is 6.88. The number of rotatable bonds is 4. The Balaban J connectivity index is 1.91. The molecule has 1 aromatic heterocycles. The van der Waals surface area contributed by atoms with Crippen LogP contribution in [0, 0.1) is 11.3 Å². The molecule has 0 aliphatic heterocycles. The molecule has 0 bridgehead atoms. The summed E-state index contributed by atoms with van der Waals surface area (Å²) >= 11 is 11.6. The summed E-state index contributed by atoms with van der Waals surface area (Å²) in [5.74, 6) is -0.243. The minimum absolute atomic E-state index is 0.0148. The van der Waals surface area contributed by atoms with E-state index in [9.17, 15) is 4.79 Å². The van der Waals surface area contributed by atoms with Gasteiger partial charge in [0.2, 0.25) is 5.82 Å². The van der Waals surface area contributed by atoms with Gasteiger partial charge in [0.05, 0.1) is 17.4 Å². The Labute approximate surface area is 129 Å². The van der Waals surface area contributed by atoms with Gasteiger partial charge in [-0.25, -0.2) is 14.8 Å². The van der Waals surface area contributed by atoms with Gasteiger partial charge in [-0.1, -0.05) is 23.2 Å². The molecule has 2 aromatic rings. The van der Waals surface area contributed by atoms with Crippen LogP contribution in [0.4, 0.5) is 0 Å². The first-order valence-corrected chi connectivity index (χ1v) is 6.35. The second-order valence-corrected chi connectivity index (χ2v) is 4.54. The maximum atomic E-state index is 11.6. The second-order valence-electron chi connectivity index (χ2n) is 3.69. The maximum absolute atomic E-state index is 11.6. The molecular weight excluding hydrogens is 317 g/mol. The average Bonchev–Trinajstić information content (AvgIpc) is 2.47. The van der Waals surface area contributed by atoms with E-state index in [2.05, 4.69) is 9.97 Å². The molecule has 1 heterocycles. The van der Waals surface area contributed by atoms with Crippen molar-refractivity contribution in [1.29, 1.82) is 5.26 Å². The van der Waals surface area contributed by atoms with Gasteiger partial charge in [0.15, 0.2) is 12.4 Å². The Kier molecular flexibility index (Phi) is 4.93. The highest BCUT2D eigenvalue weighted by atomic mass is 35.5. The minimum Gasteiger partial charge on any atom is -0.480 e. The molecule has 21 heavy (non-hydrogen) atoms. The first-order chi connectivity index (χ1) is 10.1. The number of carbonyl (C=O) groups is 1. The lowest BCUT2D eigenvalue weighted by Crippen LogP contribution is -2.18. The molecule has 0 saturated heterocycles. The fourth-order valence-corrected chi connectivity index (χ4v) is 1.78. The van der Waals surface area contributed by atoms with Gasteiger partial charge >= 0.3 is 5.97 Å². The van der Waals surface area contributed by atoms with Crippen molar-refractivity contribution in [3.05, 3.63) is 46.5 Å². The molecule has 0 aliphatic rings. The number of hydrogen-bond acceptors (Lipinski definition) is 6. The largest absolute Gasteiger partial charge is 0.480 e. The molecule has 2 rings (SSSR count). The summed E-state index contributed by atoms with van der Waals surface area (Å²) in [4.78, 5) is 18.9. The van der Waals surface area contributed by atoms with Crippen LogP contribution in [-0.4, -0.2) is 22.5 Å². The fourth-order valence-electron chi connectivity index (χ4n) is 1.32. The van der Waals surface area contributed by atoms with Crippen molar-refractivity contribution in [2.45, 2.75) is 0 Å². The number of carbonyl (C=O) groups excluding carboxylic acids is 1. The molecule has 8 heteroatoms. The number of benzene rings is 1. The highest BCUT2D eigenvalue weighted by Gasteiger charge is 2.09. The summed E-state index contributed by atoms with van der Waals surface area (Å²) in [5.41, 5.74) is 0. The van der Waals surface area contributed by atoms with Crippen LogP contribution >= 0.6 is 23.2 Å². The minimum atomic E-state index is -0.658. The Morgan fingerprint density at radius 1 is 1.29 bits per heavy atom. The molecule has 1 aromatic carbocycles. The van der Waals surface area contributed by atoms with Crippen LogP contribution in [0.2, 0.25) is 10.0 Å². The molecule has 0 N–H and O–H groups in total. The molecule has 6 nitrogen and oxygen atoms in total. The van der Waals surface area contributed by atoms with Crippen LogP contribution in [0.15, 0.2) is 30.6 Å². The van der Waals surface area contributed by atoms with E-state index >= 15 is 0 Å². The summed E-state index contributed by atoms with van der Waals surface area (Å²) < 4.78 is 10.1. The zero-order valence-corrected chi connectivity index (χ0v) is 11.9. The molecule has 0 unspecified atom stereocenters. The van der Waals surface area contributed by atoms with Gasteiger partial charge in [0, 0.05) is 5.02 Å². The van der Waals surface area contributed by atoms with Gasteiger partial charge in [-0.3, -0.25) is 0 Å². The standard InChI is InChI=1S/C13H7Cl2N3O3/c14-8-1-2-11(10(15)3-8)20-7-13(19)21-9-5-17-12(4-16)18-6-9/h1-3,5-6H,7H2. The molecule has 0 spiro atoms. The lowest BCUT2D eigenvalue weighted by molar-refractivity contribution is -0.136. The summed E-state index contributed by atoms with van der Waals surface area (Å²) in [6, 6.07) is 6.38. The van der Waals surface area contributed by atoms with Gasteiger partial charge < -0.3 is 9.47 Å². The van der Waals surface area contributed by atoms with Crippen molar-refractivity contribution >= 4 is 29.2 Å². The van der Waals surface area contributed by atoms with Gasteiger partial charge in [-0.15, -0.1) is 0 Å². The Hall–Kier alpha value is -2.36. The van der Waals surface area contributed by atoms with Crippen molar-refractivity contribution < 1.29 is 14.3 Å². The summed E-state index contributed by atoms with van der Waals surface area (Å²) in [5, 5.41) is 9.29. The number of ether oxygens (including phenoxy) is 2. The smallest absolute Gasteiger partial charge is 0.349 e. The van der Waals surface area contributed by atoms with Crippen LogP contribution in [0.1, 0.15) is 5.82 Å². The number of aromatic nitrogens is 2. The van der Waals surface area contributed by atoms with E-state index in [0.717, 1.165) is 0 Å². The quantitative estimate of drug-likeness (QED) is 0.804. The fraction of sp³-hybridized carbons (Fsp3) is 0.0769. The van der Waals surface area contributed by atoms with Gasteiger partial charge in [-0.05, 0) is 18.2 Å². The average molecular weight is 324 g/mol. The van der Waals surface area contributed by atoms with Crippen molar-refractivity contribution in [1.82, 2.24) is 9.97 Å². The molecular formula is C13H7Cl2N3O3. The molecule has 0 aliphatic carbocycles.